The molecule has 1 aromatic heterocycles. The predicted molar refractivity (Wildman–Crippen MR) is 117 cm³/mol. The van der Waals surface area contributed by atoms with Gasteiger partial charge in [-0.25, -0.2) is 0 Å². The highest BCUT2D eigenvalue weighted by atomic mass is 32.2. The molecule has 1 aliphatic rings. The number of benzene rings is 2. The molecule has 156 valence electrons. The van der Waals surface area contributed by atoms with Gasteiger partial charge in [-0.15, -0.1) is 10.2 Å². The average Bonchev–Trinajstić information content (AvgIpc) is 3.22. The largest absolute Gasteiger partial charge is 0.497 e. The zero-order valence-electron chi connectivity index (χ0n) is 17.1. The van der Waals surface area contributed by atoms with Crippen LogP contribution in [0.15, 0.2) is 53.7 Å². The number of carbonyl (C=O) groups excluding carboxylic acids is 1. The van der Waals surface area contributed by atoms with E-state index in [1.54, 1.807) is 19.2 Å². The van der Waals surface area contributed by atoms with E-state index in [9.17, 15) is 4.79 Å². The van der Waals surface area contributed by atoms with Gasteiger partial charge in [0.05, 0.1) is 31.8 Å². The van der Waals surface area contributed by atoms with Gasteiger partial charge in [0.1, 0.15) is 5.75 Å². The van der Waals surface area contributed by atoms with Gasteiger partial charge in [0.15, 0.2) is 10.9 Å². The number of para-hydroxylation sites is 1. The summed E-state index contributed by atoms with van der Waals surface area (Å²) < 4.78 is 12.8. The molecule has 0 bridgehead atoms. The number of anilines is 1. The van der Waals surface area contributed by atoms with Crippen LogP contribution in [0.25, 0.3) is 5.69 Å². The van der Waals surface area contributed by atoms with Crippen LogP contribution in [0.5, 0.6) is 5.75 Å². The summed E-state index contributed by atoms with van der Waals surface area (Å²) in [7, 11) is 1.59. The second-order valence-corrected chi connectivity index (χ2v) is 7.89. The van der Waals surface area contributed by atoms with E-state index < -0.39 is 0 Å². The standard InChI is InChI=1S/C22H24N4O3S/c1-16-6-3-4-9-19(16)26-21(25-10-12-29-13-11-25)23-24-22(26)30-15-20(27)17-7-5-8-18(14-17)28-2/h3-9,14H,10-13,15H2,1-2H3. The molecule has 7 nitrogen and oxygen atoms in total. The molecule has 0 unspecified atom stereocenters. The molecule has 0 N–H and O–H groups in total. The molecule has 0 radical (unpaired) electrons. The van der Waals surface area contributed by atoms with Crippen molar-refractivity contribution in [2.75, 3.05) is 44.1 Å². The van der Waals surface area contributed by atoms with Crippen molar-refractivity contribution in [2.24, 2.45) is 0 Å². The van der Waals surface area contributed by atoms with E-state index in [2.05, 4.69) is 34.2 Å². The minimum absolute atomic E-state index is 0.0196. The fraction of sp³-hybridized carbons (Fsp3) is 0.318. The van der Waals surface area contributed by atoms with Crippen LogP contribution in [0.2, 0.25) is 0 Å². The minimum atomic E-state index is 0.0196. The number of ketones is 1. The number of aromatic nitrogens is 3. The molecular formula is C22H24N4O3S. The van der Waals surface area contributed by atoms with E-state index in [1.165, 1.54) is 11.8 Å². The normalized spacial score (nSPS) is 14.0. The Morgan fingerprint density at radius 3 is 2.70 bits per heavy atom. The van der Waals surface area contributed by atoms with E-state index in [1.807, 2.05) is 28.8 Å². The van der Waals surface area contributed by atoms with Gasteiger partial charge in [-0.1, -0.05) is 42.1 Å². The molecule has 2 heterocycles. The summed E-state index contributed by atoms with van der Waals surface area (Å²) in [6.07, 6.45) is 0. The summed E-state index contributed by atoms with van der Waals surface area (Å²) in [5.41, 5.74) is 2.75. The number of hydrogen-bond acceptors (Lipinski definition) is 7. The average molecular weight is 425 g/mol. The topological polar surface area (TPSA) is 69.5 Å². The minimum Gasteiger partial charge on any atom is -0.497 e. The Morgan fingerprint density at radius 2 is 1.93 bits per heavy atom. The summed E-state index contributed by atoms with van der Waals surface area (Å²) in [4.78, 5) is 14.9. The lowest BCUT2D eigenvalue weighted by Gasteiger charge is -2.28. The van der Waals surface area contributed by atoms with Crippen molar-refractivity contribution in [2.45, 2.75) is 12.1 Å². The van der Waals surface area contributed by atoms with Gasteiger partial charge in [0.2, 0.25) is 5.95 Å². The zero-order chi connectivity index (χ0) is 20.9. The third-order valence-corrected chi connectivity index (χ3v) is 5.92. The van der Waals surface area contributed by atoms with E-state index in [-0.39, 0.29) is 11.5 Å². The number of nitrogens with zero attached hydrogens (tertiary/aromatic N) is 4. The van der Waals surface area contributed by atoms with Crippen LogP contribution in [0, 0.1) is 6.92 Å². The molecule has 8 heteroatoms. The van der Waals surface area contributed by atoms with Crippen molar-refractivity contribution in [1.82, 2.24) is 14.8 Å². The molecule has 3 aromatic rings. The first kappa shape index (κ1) is 20.4. The number of Topliss-reactive ketones (excluding diaryl/α,β-unsaturated/α-hetero) is 1. The van der Waals surface area contributed by atoms with Crippen LogP contribution in [-0.4, -0.2) is 59.7 Å². The number of hydrogen-bond donors (Lipinski definition) is 0. The van der Waals surface area contributed by atoms with Gasteiger partial charge < -0.3 is 14.4 Å². The first-order valence-corrected chi connectivity index (χ1v) is 10.8. The number of thioether (sulfide) groups is 1. The molecule has 0 aliphatic carbocycles. The second-order valence-electron chi connectivity index (χ2n) is 6.95. The van der Waals surface area contributed by atoms with Crippen LogP contribution in [0.3, 0.4) is 0 Å². The number of rotatable bonds is 7. The predicted octanol–water partition coefficient (Wildman–Crippen LogP) is 3.40. The lowest BCUT2D eigenvalue weighted by atomic mass is 10.1. The molecular weight excluding hydrogens is 400 g/mol. The molecule has 0 spiro atoms. The van der Waals surface area contributed by atoms with E-state index in [0.29, 0.717) is 29.7 Å². The molecule has 1 fully saturated rings. The quantitative estimate of drug-likeness (QED) is 0.425. The third-order valence-electron chi connectivity index (χ3n) is 4.99. The van der Waals surface area contributed by atoms with Crippen LogP contribution in [-0.2, 0) is 4.74 Å². The molecule has 0 saturated carbocycles. The first-order valence-electron chi connectivity index (χ1n) is 9.81. The van der Waals surface area contributed by atoms with Crippen LogP contribution in [0.1, 0.15) is 15.9 Å². The molecule has 30 heavy (non-hydrogen) atoms. The summed E-state index contributed by atoms with van der Waals surface area (Å²) in [5, 5.41) is 9.59. The highest BCUT2D eigenvalue weighted by Crippen LogP contribution is 2.29. The van der Waals surface area contributed by atoms with Crippen molar-refractivity contribution in [3.05, 3.63) is 59.7 Å². The van der Waals surface area contributed by atoms with Gasteiger partial charge >= 0.3 is 0 Å². The van der Waals surface area contributed by atoms with Gasteiger partial charge in [-0.2, -0.15) is 0 Å². The van der Waals surface area contributed by atoms with Crippen LogP contribution in [0.4, 0.5) is 5.95 Å². The third kappa shape index (κ3) is 4.34. The van der Waals surface area contributed by atoms with Crippen molar-refractivity contribution < 1.29 is 14.3 Å². The molecule has 0 amide bonds. The Labute approximate surface area is 180 Å². The first-order chi connectivity index (χ1) is 14.7. The highest BCUT2D eigenvalue weighted by molar-refractivity contribution is 7.99. The number of ether oxygens (including phenoxy) is 2. The Bertz CT molecular complexity index is 1030. The van der Waals surface area contributed by atoms with E-state index in [0.717, 1.165) is 30.3 Å². The van der Waals surface area contributed by atoms with Crippen LogP contribution < -0.4 is 9.64 Å². The molecule has 0 atom stereocenters. The summed E-state index contributed by atoms with van der Waals surface area (Å²) in [6.45, 7) is 4.91. The van der Waals surface area contributed by atoms with Crippen LogP contribution >= 0.6 is 11.8 Å². The summed E-state index contributed by atoms with van der Waals surface area (Å²) in [6, 6.07) is 15.3. The monoisotopic (exact) mass is 424 g/mol. The summed E-state index contributed by atoms with van der Waals surface area (Å²) in [5.74, 6) is 1.74. The lowest BCUT2D eigenvalue weighted by molar-refractivity contribution is 0.102. The van der Waals surface area contributed by atoms with Gasteiger partial charge in [0.25, 0.3) is 0 Å². The maximum atomic E-state index is 12.7. The van der Waals surface area contributed by atoms with Gasteiger partial charge in [-0.3, -0.25) is 9.36 Å². The van der Waals surface area contributed by atoms with E-state index >= 15 is 0 Å². The van der Waals surface area contributed by atoms with Crippen molar-refractivity contribution in [3.63, 3.8) is 0 Å². The maximum Gasteiger partial charge on any atom is 0.232 e. The van der Waals surface area contributed by atoms with Crippen molar-refractivity contribution >= 4 is 23.5 Å². The fourth-order valence-corrected chi connectivity index (χ4v) is 4.19. The van der Waals surface area contributed by atoms with E-state index in [4.69, 9.17) is 9.47 Å². The Balaban J connectivity index is 1.62. The number of methoxy groups -OCH3 is 1. The maximum absolute atomic E-state index is 12.7. The fourth-order valence-electron chi connectivity index (χ4n) is 3.36. The van der Waals surface area contributed by atoms with Crippen molar-refractivity contribution in [3.8, 4) is 11.4 Å². The smallest absolute Gasteiger partial charge is 0.232 e. The highest BCUT2D eigenvalue weighted by Gasteiger charge is 2.23. The molecule has 1 saturated heterocycles. The number of carbonyl (C=O) groups is 1. The summed E-state index contributed by atoms with van der Waals surface area (Å²) >= 11 is 1.39. The Kier molecular flexibility index (Phi) is 6.35. The number of morpholine rings is 1. The van der Waals surface area contributed by atoms with Gasteiger partial charge in [0, 0.05) is 18.7 Å². The van der Waals surface area contributed by atoms with Gasteiger partial charge in [-0.05, 0) is 30.7 Å². The second kappa shape index (κ2) is 9.32. The Hall–Kier alpha value is -2.84. The molecule has 4 rings (SSSR count). The molecule has 1 aliphatic heterocycles. The SMILES string of the molecule is COc1cccc(C(=O)CSc2nnc(N3CCOCC3)n2-c2ccccc2C)c1. The number of aryl methyl sites for hydroxylation is 1. The Morgan fingerprint density at radius 1 is 1.13 bits per heavy atom. The van der Waals surface area contributed by atoms with Crippen molar-refractivity contribution in [1.29, 1.82) is 0 Å². The molecule has 2 aromatic carbocycles. The zero-order valence-corrected chi connectivity index (χ0v) is 17.9. The lowest BCUT2D eigenvalue weighted by Crippen LogP contribution is -2.38.